The number of carbonyl (C=O) groups excluding carboxylic acids is 1. The lowest BCUT2D eigenvalue weighted by Gasteiger charge is -2.22. The average Bonchev–Trinajstić information content (AvgIpc) is 2.83. The molecule has 0 amide bonds. The van der Waals surface area contributed by atoms with Gasteiger partial charge >= 0.3 is 0 Å². The van der Waals surface area contributed by atoms with Gasteiger partial charge in [0.25, 0.3) is 0 Å². The van der Waals surface area contributed by atoms with Crippen LogP contribution in [0.3, 0.4) is 0 Å². The predicted molar refractivity (Wildman–Crippen MR) is 70.6 cm³/mol. The highest BCUT2D eigenvalue weighted by Gasteiger charge is 2.32. The first-order valence-corrected chi connectivity index (χ1v) is 7.11. The molecule has 0 spiro atoms. The highest BCUT2D eigenvalue weighted by atomic mass is 32.1. The number of nitrogen functional groups attached to an aromatic ring is 1. The average molecular weight is 250 g/mol. The second kappa shape index (κ2) is 4.10. The molecule has 92 valence electrons. The van der Waals surface area contributed by atoms with Gasteiger partial charge in [-0.25, -0.2) is 0 Å². The van der Waals surface area contributed by atoms with Gasteiger partial charge in [-0.1, -0.05) is 12.8 Å². The second-order valence-corrected chi connectivity index (χ2v) is 6.39. The first-order valence-electron chi connectivity index (χ1n) is 6.29. The topological polar surface area (TPSA) is 46.3 Å². The van der Waals surface area contributed by atoms with Crippen LogP contribution in [0.5, 0.6) is 0 Å². The Morgan fingerprint density at radius 1 is 1.29 bits per heavy atom. The van der Waals surface area contributed by atoms with Gasteiger partial charge < -0.3 is 5.73 Å². The summed E-state index contributed by atoms with van der Waals surface area (Å²) in [7, 11) is 1.99. The Kier molecular flexibility index (Phi) is 2.71. The smallest absolute Gasteiger partial charge is 0.178 e. The summed E-state index contributed by atoms with van der Waals surface area (Å²) in [5, 5.41) is 0.894. The number of nitrogens with zero attached hydrogens (tertiary/aromatic N) is 1. The number of carbonyl (C=O) groups is 1. The molecule has 0 atom stereocenters. The summed E-state index contributed by atoms with van der Waals surface area (Å²) < 4.78 is 0. The van der Waals surface area contributed by atoms with Crippen molar-refractivity contribution < 1.29 is 4.79 Å². The second-order valence-electron chi connectivity index (χ2n) is 5.26. The van der Waals surface area contributed by atoms with E-state index in [0.717, 1.165) is 17.1 Å². The molecule has 0 saturated heterocycles. The largest absolute Gasteiger partial charge is 0.390 e. The van der Waals surface area contributed by atoms with Crippen molar-refractivity contribution in [1.82, 2.24) is 4.90 Å². The van der Waals surface area contributed by atoms with E-state index < -0.39 is 0 Å². The summed E-state index contributed by atoms with van der Waals surface area (Å²) in [6.45, 7) is 1.42. The fourth-order valence-electron chi connectivity index (χ4n) is 3.17. The van der Waals surface area contributed by atoms with E-state index in [0.29, 0.717) is 12.5 Å². The Morgan fingerprint density at radius 2 is 2.00 bits per heavy atom. The molecule has 1 aliphatic heterocycles. The van der Waals surface area contributed by atoms with Crippen LogP contribution in [-0.2, 0) is 6.54 Å². The van der Waals surface area contributed by atoms with E-state index in [9.17, 15) is 4.79 Å². The molecule has 17 heavy (non-hydrogen) atoms. The summed E-state index contributed by atoms with van der Waals surface area (Å²) in [5.41, 5.74) is 8.34. The number of rotatable bonds is 1. The Morgan fingerprint density at radius 3 is 2.71 bits per heavy atom. The SMILES string of the molecule is CN1CC(=O)c2c(sc(N)c2C2CCCC2)C1. The van der Waals surface area contributed by atoms with Crippen molar-refractivity contribution >= 4 is 22.1 Å². The molecule has 2 heterocycles. The van der Waals surface area contributed by atoms with Gasteiger partial charge in [-0.15, -0.1) is 11.3 Å². The van der Waals surface area contributed by atoms with Crippen LogP contribution < -0.4 is 5.73 Å². The quantitative estimate of drug-likeness (QED) is 0.833. The maximum atomic E-state index is 12.2. The summed E-state index contributed by atoms with van der Waals surface area (Å²) in [4.78, 5) is 15.4. The third-order valence-corrected chi connectivity index (χ3v) is 4.94. The first-order chi connectivity index (χ1) is 8.16. The minimum Gasteiger partial charge on any atom is -0.390 e. The van der Waals surface area contributed by atoms with Crippen molar-refractivity contribution in [2.75, 3.05) is 19.3 Å². The van der Waals surface area contributed by atoms with Crippen LogP contribution in [0, 0.1) is 0 Å². The summed E-state index contributed by atoms with van der Waals surface area (Å²) in [6.07, 6.45) is 4.97. The Bertz CT molecular complexity index is 460. The van der Waals surface area contributed by atoms with Crippen LogP contribution in [0.25, 0.3) is 0 Å². The van der Waals surface area contributed by atoms with E-state index in [1.165, 1.54) is 36.1 Å². The van der Waals surface area contributed by atoms with Crippen LogP contribution in [0.4, 0.5) is 5.00 Å². The van der Waals surface area contributed by atoms with Crippen molar-refractivity contribution in [2.45, 2.75) is 38.1 Å². The van der Waals surface area contributed by atoms with Crippen molar-refractivity contribution in [1.29, 1.82) is 0 Å². The zero-order valence-electron chi connectivity index (χ0n) is 10.2. The van der Waals surface area contributed by atoms with E-state index >= 15 is 0 Å². The Labute approximate surface area is 106 Å². The van der Waals surface area contributed by atoms with E-state index in [1.807, 2.05) is 7.05 Å². The third kappa shape index (κ3) is 1.79. The van der Waals surface area contributed by atoms with Crippen LogP contribution in [0.2, 0.25) is 0 Å². The molecule has 1 aromatic rings. The number of nitrogens with two attached hydrogens (primary N) is 1. The summed E-state index contributed by atoms with van der Waals surface area (Å²) >= 11 is 1.63. The van der Waals surface area contributed by atoms with Gasteiger partial charge in [0.05, 0.1) is 11.5 Å². The molecule has 2 N–H and O–H groups in total. The molecule has 0 bridgehead atoms. The molecule has 1 aliphatic carbocycles. The number of hydrogen-bond donors (Lipinski definition) is 1. The molecular weight excluding hydrogens is 232 g/mol. The molecule has 1 saturated carbocycles. The van der Waals surface area contributed by atoms with E-state index in [1.54, 1.807) is 11.3 Å². The maximum Gasteiger partial charge on any atom is 0.178 e. The fraction of sp³-hybridized carbons (Fsp3) is 0.615. The number of hydrogen-bond acceptors (Lipinski definition) is 4. The molecule has 0 aromatic carbocycles. The molecule has 0 unspecified atom stereocenters. The molecular formula is C13H18N2OS. The van der Waals surface area contributed by atoms with Crippen molar-refractivity contribution in [2.24, 2.45) is 0 Å². The predicted octanol–water partition coefficient (Wildman–Crippen LogP) is 2.62. The van der Waals surface area contributed by atoms with Crippen molar-refractivity contribution in [3.8, 4) is 0 Å². The highest BCUT2D eigenvalue weighted by Crippen LogP contribution is 2.45. The van der Waals surface area contributed by atoms with Gasteiger partial charge in [0.15, 0.2) is 5.78 Å². The molecule has 2 aliphatic rings. The molecule has 3 nitrogen and oxygen atoms in total. The van der Waals surface area contributed by atoms with E-state index in [-0.39, 0.29) is 5.78 Å². The van der Waals surface area contributed by atoms with Crippen LogP contribution in [0.1, 0.15) is 52.4 Å². The van der Waals surface area contributed by atoms with Gasteiger partial charge in [0, 0.05) is 22.5 Å². The minimum atomic E-state index is 0.267. The van der Waals surface area contributed by atoms with Gasteiger partial charge in [0.2, 0.25) is 0 Å². The third-order valence-electron chi connectivity index (χ3n) is 3.92. The number of Topliss-reactive ketones (excluding diaryl/α,β-unsaturated/α-hetero) is 1. The summed E-state index contributed by atoms with van der Waals surface area (Å²) in [6, 6.07) is 0. The van der Waals surface area contributed by atoms with E-state index in [4.69, 9.17) is 5.73 Å². The van der Waals surface area contributed by atoms with E-state index in [2.05, 4.69) is 4.90 Å². The van der Waals surface area contributed by atoms with Gasteiger partial charge in [-0.3, -0.25) is 9.69 Å². The lowest BCUT2D eigenvalue weighted by Crippen LogP contribution is -2.31. The van der Waals surface area contributed by atoms with Crippen LogP contribution in [0.15, 0.2) is 0 Å². The molecule has 4 heteroatoms. The number of anilines is 1. The standard InChI is InChI=1S/C13H18N2OS/c1-15-6-9(16)12-10(7-15)17-13(14)11(12)8-4-2-3-5-8/h8H,2-7,14H2,1H3. The summed E-state index contributed by atoms with van der Waals surface area (Å²) in [5.74, 6) is 0.811. The van der Waals surface area contributed by atoms with Crippen LogP contribution >= 0.6 is 11.3 Å². The first kappa shape index (κ1) is 11.2. The lowest BCUT2D eigenvalue weighted by atomic mass is 9.91. The maximum absolute atomic E-state index is 12.2. The van der Waals surface area contributed by atoms with Gasteiger partial charge in [0.1, 0.15) is 0 Å². The normalized spacial score (nSPS) is 22.1. The Balaban J connectivity index is 2.07. The van der Waals surface area contributed by atoms with Gasteiger partial charge in [-0.05, 0) is 25.8 Å². The fourth-order valence-corrected chi connectivity index (χ4v) is 4.43. The molecule has 1 aromatic heterocycles. The van der Waals surface area contributed by atoms with Gasteiger partial charge in [-0.2, -0.15) is 0 Å². The monoisotopic (exact) mass is 250 g/mol. The molecule has 0 radical (unpaired) electrons. The van der Waals surface area contributed by atoms with Crippen molar-refractivity contribution in [3.05, 3.63) is 16.0 Å². The molecule has 3 rings (SSSR count). The molecule has 1 fully saturated rings. The number of likely N-dealkylation sites (N-methyl/N-ethyl adjacent to an activating group) is 1. The van der Waals surface area contributed by atoms with Crippen molar-refractivity contribution in [3.63, 3.8) is 0 Å². The Hall–Kier alpha value is -0.870. The number of fused-ring (bicyclic) bond motifs is 1. The van der Waals surface area contributed by atoms with Crippen LogP contribution in [-0.4, -0.2) is 24.3 Å². The highest BCUT2D eigenvalue weighted by molar-refractivity contribution is 7.16. The minimum absolute atomic E-state index is 0.267. The zero-order chi connectivity index (χ0) is 12.0. The number of thiophene rings is 1. The lowest BCUT2D eigenvalue weighted by molar-refractivity contribution is 0.0923. The zero-order valence-corrected chi connectivity index (χ0v) is 11.0. The number of ketones is 1.